The third kappa shape index (κ3) is 4.47. The minimum atomic E-state index is -3.35. The van der Waals surface area contributed by atoms with Crippen LogP contribution in [0.25, 0.3) is 0 Å². The number of hydrogen-bond acceptors (Lipinski definition) is 4. The molecule has 2 atom stereocenters. The van der Waals surface area contributed by atoms with Gasteiger partial charge < -0.3 is 10.6 Å². The molecule has 108 valence electrons. The molecule has 1 heterocycles. The summed E-state index contributed by atoms with van der Waals surface area (Å²) in [5, 5.41) is 0. The quantitative estimate of drug-likeness (QED) is 0.683. The second kappa shape index (κ2) is 6.81. The molecule has 0 amide bonds. The zero-order chi connectivity index (χ0) is 13.8. The SMILES string of the molecule is CC(CNS(=O)(=O)N1CCCC(CN)C1)N(C)C. The average molecular weight is 278 g/mol. The van der Waals surface area contributed by atoms with E-state index in [0.29, 0.717) is 32.1 Å². The molecule has 3 N–H and O–H groups in total. The molecule has 1 fully saturated rings. The number of nitrogens with one attached hydrogen (secondary N) is 1. The summed E-state index contributed by atoms with van der Waals surface area (Å²) in [5.41, 5.74) is 5.62. The molecule has 0 spiro atoms. The Bertz CT molecular complexity index is 345. The number of piperidine rings is 1. The first-order valence-corrected chi connectivity index (χ1v) is 7.92. The van der Waals surface area contributed by atoms with Gasteiger partial charge in [-0.05, 0) is 46.3 Å². The number of rotatable bonds is 6. The molecular formula is C11H26N4O2S. The first kappa shape index (κ1) is 15.8. The summed E-state index contributed by atoms with van der Waals surface area (Å²) >= 11 is 0. The third-order valence-electron chi connectivity index (χ3n) is 3.60. The van der Waals surface area contributed by atoms with E-state index in [1.165, 1.54) is 4.31 Å². The van der Waals surface area contributed by atoms with Crippen LogP contribution in [0.5, 0.6) is 0 Å². The molecule has 0 aromatic heterocycles. The number of likely N-dealkylation sites (N-methyl/N-ethyl adjacent to an activating group) is 1. The van der Waals surface area contributed by atoms with Gasteiger partial charge in [-0.3, -0.25) is 0 Å². The molecule has 1 rings (SSSR count). The van der Waals surface area contributed by atoms with Gasteiger partial charge in [-0.1, -0.05) is 0 Å². The Hall–Kier alpha value is -0.210. The highest BCUT2D eigenvalue weighted by atomic mass is 32.2. The van der Waals surface area contributed by atoms with E-state index in [1.807, 2.05) is 25.9 Å². The van der Waals surface area contributed by atoms with E-state index in [2.05, 4.69) is 4.72 Å². The Morgan fingerprint density at radius 3 is 2.72 bits per heavy atom. The van der Waals surface area contributed by atoms with Crippen LogP contribution >= 0.6 is 0 Å². The predicted octanol–water partition coefficient (Wildman–Crippen LogP) is -0.558. The summed E-state index contributed by atoms with van der Waals surface area (Å²) in [4.78, 5) is 1.99. The van der Waals surface area contributed by atoms with E-state index in [-0.39, 0.29) is 6.04 Å². The number of nitrogens with zero attached hydrogens (tertiary/aromatic N) is 2. The van der Waals surface area contributed by atoms with Gasteiger partial charge in [0.2, 0.25) is 0 Å². The lowest BCUT2D eigenvalue weighted by Gasteiger charge is -2.32. The van der Waals surface area contributed by atoms with Crippen LogP contribution in [0.4, 0.5) is 0 Å². The fourth-order valence-electron chi connectivity index (χ4n) is 1.94. The number of hydrogen-bond donors (Lipinski definition) is 2. The van der Waals surface area contributed by atoms with Crippen LogP contribution in [0.3, 0.4) is 0 Å². The van der Waals surface area contributed by atoms with E-state index in [4.69, 9.17) is 5.73 Å². The molecule has 0 saturated carbocycles. The van der Waals surface area contributed by atoms with Crippen molar-refractivity contribution in [2.45, 2.75) is 25.8 Å². The zero-order valence-corrected chi connectivity index (χ0v) is 12.4. The molecule has 0 radical (unpaired) electrons. The topological polar surface area (TPSA) is 78.7 Å². The van der Waals surface area contributed by atoms with Crippen molar-refractivity contribution >= 4 is 10.2 Å². The molecule has 0 bridgehead atoms. The van der Waals surface area contributed by atoms with Crippen LogP contribution < -0.4 is 10.5 Å². The summed E-state index contributed by atoms with van der Waals surface area (Å²) in [7, 11) is 0.516. The minimum Gasteiger partial charge on any atom is -0.330 e. The van der Waals surface area contributed by atoms with Gasteiger partial charge in [0.15, 0.2) is 0 Å². The van der Waals surface area contributed by atoms with Crippen LogP contribution in [0.15, 0.2) is 0 Å². The van der Waals surface area contributed by atoms with Crippen LogP contribution in [0.2, 0.25) is 0 Å². The van der Waals surface area contributed by atoms with Gasteiger partial charge in [-0.25, -0.2) is 4.72 Å². The van der Waals surface area contributed by atoms with Gasteiger partial charge in [0.05, 0.1) is 0 Å². The maximum absolute atomic E-state index is 12.1. The Labute approximate surface area is 111 Å². The Morgan fingerprint density at radius 2 is 2.17 bits per heavy atom. The summed E-state index contributed by atoms with van der Waals surface area (Å²) in [6, 6.07) is 0.176. The Morgan fingerprint density at radius 1 is 1.50 bits per heavy atom. The van der Waals surface area contributed by atoms with Gasteiger partial charge in [0.25, 0.3) is 10.2 Å². The van der Waals surface area contributed by atoms with Crippen molar-refractivity contribution in [3.05, 3.63) is 0 Å². The first-order valence-electron chi connectivity index (χ1n) is 6.48. The molecule has 1 saturated heterocycles. The summed E-state index contributed by atoms with van der Waals surface area (Å²) in [6.45, 7) is 4.12. The fourth-order valence-corrected chi connectivity index (χ4v) is 3.35. The van der Waals surface area contributed by atoms with Crippen molar-refractivity contribution in [1.82, 2.24) is 13.9 Å². The molecule has 0 aromatic rings. The van der Waals surface area contributed by atoms with E-state index >= 15 is 0 Å². The fraction of sp³-hybridized carbons (Fsp3) is 1.00. The van der Waals surface area contributed by atoms with Gasteiger partial charge >= 0.3 is 0 Å². The monoisotopic (exact) mass is 278 g/mol. The number of nitrogens with two attached hydrogens (primary N) is 1. The molecule has 0 aliphatic carbocycles. The van der Waals surface area contributed by atoms with Crippen molar-refractivity contribution in [1.29, 1.82) is 0 Å². The molecule has 0 aromatic carbocycles. The zero-order valence-electron chi connectivity index (χ0n) is 11.6. The summed E-state index contributed by atoms with van der Waals surface area (Å²) in [6.07, 6.45) is 1.92. The second-order valence-electron chi connectivity index (χ2n) is 5.27. The van der Waals surface area contributed by atoms with Crippen molar-refractivity contribution in [2.75, 3.05) is 40.3 Å². The summed E-state index contributed by atoms with van der Waals surface area (Å²) < 4.78 is 28.5. The second-order valence-corrected chi connectivity index (χ2v) is 7.02. The van der Waals surface area contributed by atoms with E-state index in [0.717, 1.165) is 12.8 Å². The predicted molar refractivity (Wildman–Crippen MR) is 73.4 cm³/mol. The molecule has 6 nitrogen and oxygen atoms in total. The lowest BCUT2D eigenvalue weighted by molar-refractivity contribution is 0.265. The molecule has 1 aliphatic heterocycles. The Kier molecular flexibility index (Phi) is 6.00. The normalized spacial score (nSPS) is 24.4. The Balaban J connectivity index is 2.52. The maximum atomic E-state index is 12.1. The maximum Gasteiger partial charge on any atom is 0.279 e. The molecule has 7 heteroatoms. The van der Waals surface area contributed by atoms with Crippen molar-refractivity contribution < 1.29 is 8.42 Å². The van der Waals surface area contributed by atoms with Crippen molar-refractivity contribution in [3.8, 4) is 0 Å². The highest BCUT2D eigenvalue weighted by molar-refractivity contribution is 7.87. The van der Waals surface area contributed by atoms with E-state index in [9.17, 15) is 8.42 Å². The third-order valence-corrected chi connectivity index (χ3v) is 5.14. The van der Waals surface area contributed by atoms with Crippen LogP contribution in [0.1, 0.15) is 19.8 Å². The summed E-state index contributed by atoms with van der Waals surface area (Å²) in [5.74, 6) is 0.293. The van der Waals surface area contributed by atoms with Gasteiger partial charge in [-0.15, -0.1) is 0 Å². The molecule has 18 heavy (non-hydrogen) atoms. The van der Waals surface area contributed by atoms with Gasteiger partial charge in [0, 0.05) is 25.7 Å². The lowest BCUT2D eigenvalue weighted by atomic mass is 10.0. The standard InChI is InChI=1S/C11H26N4O2S/c1-10(14(2)3)8-13-18(16,17)15-6-4-5-11(7-12)9-15/h10-11,13H,4-9,12H2,1-3H3. The van der Waals surface area contributed by atoms with Crippen LogP contribution in [0, 0.1) is 5.92 Å². The molecule has 1 aliphatic rings. The largest absolute Gasteiger partial charge is 0.330 e. The van der Waals surface area contributed by atoms with E-state index < -0.39 is 10.2 Å². The van der Waals surface area contributed by atoms with Crippen molar-refractivity contribution in [3.63, 3.8) is 0 Å². The first-order chi connectivity index (χ1) is 8.36. The lowest BCUT2D eigenvalue weighted by Crippen LogP contribution is -2.49. The van der Waals surface area contributed by atoms with Crippen LogP contribution in [-0.4, -0.2) is 63.9 Å². The van der Waals surface area contributed by atoms with Crippen molar-refractivity contribution in [2.24, 2.45) is 11.7 Å². The van der Waals surface area contributed by atoms with E-state index in [1.54, 1.807) is 0 Å². The molecule has 2 unspecified atom stereocenters. The smallest absolute Gasteiger partial charge is 0.279 e. The van der Waals surface area contributed by atoms with Gasteiger partial charge in [-0.2, -0.15) is 12.7 Å². The highest BCUT2D eigenvalue weighted by Crippen LogP contribution is 2.17. The van der Waals surface area contributed by atoms with Gasteiger partial charge in [0.1, 0.15) is 0 Å². The average Bonchev–Trinajstić information content (AvgIpc) is 2.36. The highest BCUT2D eigenvalue weighted by Gasteiger charge is 2.28. The minimum absolute atomic E-state index is 0.176. The van der Waals surface area contributed by atoms with Crippen LogP contribution in [-0.2, 0) is 10.2 Å². The molecular weight excluding hydrogens is 252 g/mol.